The number of fused-ring (bicyclic) bond motifs is 1. The summed E-state index contributed by atoms with van der Waals surface area (Å²) >= 11 is 1.53. The molecule has 0 aliphatic rings. The molecule has 0 aliphatic heterocycles. The minimum atomic E-state index is 0.156. The van der Waals surface area contributed by atoms with Gasteiger partial charge < -0.3 is 5.73 Å². The van der Waals surface area contributed by atoms with Crippen LogP contribution in [-0.4, -0.2) is 25.6 Å². The van der Waals surface area contributed by atoms with Crippen molar-refractivity contribution in [3.63, 3.8) is 0 Å². The molecule has 21 heavy (non-hydrogen) atoms. The van der Waals surface area contributed by atoms with Gasteiger partial charge in [-0.15, -0.1) is 10.2 Å². The fourth-order valence-electron chi connectivity index (χ4n) is 2.07. The molecule has 1 unspecified atom stereocenters. The van der Waals surface area contributed by atoms with E-state index in [2.05, 4.69) is 28.2 Å². The molecule has 0 spiro atoms. The minimum Gasteiger partial charge on any atom is -0.327 e. The SMILES string of the molecule is CCC(N)Cc1cccnc1Sc1nnc2ccccn12. The predicted molar refractivity (Wildman–Crippen MR) is 83.3 cm³/mol. The monoisotopic (exact) mass is 299 g/mol. The van der Waals surface area contributed by atoms with Crippen molar-refractivity contribution in [2.75, 3.05) is 0 Å². The van der Waals surface area contributed by atoms with Crippen LogP contribution in [0, 0.1) is 0 Å². The first-order valence-corrected chi connectivity index (χ1v) is 7.76. The molecule has 3 aromatic rings. The van der Waals surface area contributed by atoms with Gasteiger partial charge in [0, 0.05) is 18.4 Å². The molecule has 0 amide bonds. The summed E-state index contributed by atoms with van der Waals surface area (Å²) in [6, 6.07) is 10.0. The molecule has 1 atom stereocenters. The number of aromatic nitrogens is 4. The second-order valence-corrected chi connectivity index (χ2v) is 5.81. The van der Waals surface area contributed by atoms with Crippen molar-refractivity contribution in [3.05, 3.63) is 48.3 Å². The van der Waals surface area contributed by atoms with Gasteiger partial charge in [-0.05, 0) is 48.4 Å². The molecule has 3 rings (SSSR count). The predicted octanol–water partition coefficient (Wildman–Crippen LogP) is 2.56. The van der Waals surface area contributed by atoms with Crippen molar-refractivity contribution in [3.8, 4) is 0 Å². The third kappa shape index (κ3) is 3.06. The Hall–Kier alpha value is -1.92. The Morgan fingerprint density at radius 3 is 3.00 bits per heavy atom. The molecule has 3 heterocycles. The molecular weight excluding hydrogens is 282 g/mol. The summed E-state index contributed by atoms with van der Waals surface area (Å²) in [6.07, 6.45) is 5.53. The van der Waals surface area contributed by atoms with E-state index in [0.29, 0.717) is 0 Å². The molecule has 6 heteroatoms. The Labute approximate surface area is 127 Å². The van der Waals surface area contributed by atoms with Gasteiger partial charge in [0.1, 0.15) is 5.03 Å². The average molecular weight is 299 g/mol. The maximum Gasteiger partial charge on any atom is 0.201 e. The van der Waals surface area contributed by atoms with Gasteiger partial charge in [0.15, 0.2) is 5.65 Å². The largest absolute Gasteiger partial charge is 0.327 e. The lowest BCUT2D eigenvalue weighted by atomic mass is 10.1. The maximum atomic E-state index is 6.07. The van der Waals surface area contributed by atoms with E-state index in [1.165, 1.54) is 11.8 Å². The number of pyridine rings is 2. The standard InChI is InChI=1S/C15H17N5S/c1-2-12(16)10-11-6-5-8-17-14(11)21-15-19-18-13-7-3-4-9-20(13)15/h3-9,12H,2,10,16H2,1H3. The van der Waals surface area contributed by atoms with Crippen molar-refractivity contribution >= 4 is 17.4 Å². The van der Waals surface area contributed by atoms with E-state index in [-0.39, 0.29) is 6.04 Å². The molecule has 3 aromatic heterocycles. The quantitative estimate of drug-likeness (QED) is 0.784. The Morgan fingerprint density at radius 2 is 2.14 bits per heavy atom. The van der Waals surface area contributed by atoms with Gasteiger partial charge in [0.05, 0.1) is 0 Å². The highest BCUT2D eigenvalue weighted by Crippen LogP contribution is 2.28. The molecule has 0 aromatic carbocycles. The van der Waals surface area contributed by atoms with Crippen LogP contribution in [0.1, 0.15) is 18.9 Å². The van der Waals surface area contributed by atoms with Crippen LogP contribution in [0.15, 0.2) is 52.9 Å². The van der Waals surface area contributed by atoms with Crippen molar-refractivity contribution in [2.45, 2.75) is 36.0 Å². The first-order valence-electron chi connectivity index (χ1n) is 6.95. The Kier molecular flexibility index (Phi) is 4.17. The second-order valence-electron chi connectivity index (χ2n) is 4.85. The van der Waals surface area contributed by atoms with E-state index in [9.17, 15) is 0 Å². The lowest BCUT2D eigenvalue weighted by molar-refractivity contribution is 0.637. The van der Waals surface area contributed by atoms with Crippen molar-refractivity contribution in [2.24, 2.45) is 5.73 Å². The van der Waals surface area contributed by atoms with Gasteiger partial charge in [0.2, 0.25) is 5.16 Å². The third-order valence-corrected chi connectivity index (χ3v) is 4.35. The highest BCUT2D eigenvalue weighted by Gasteiger charge is 2.12. The molecule has 0 aliphatic carbocycles. The second kappa shape index (κ2) is 6.24. The first kappa shape index (κ1) is 14.0. The molecule has 0 saturated carbocycles. The van der Waals surface area contributed by atoms with Gasteiger partial charge in [-0.1, -0.05) is 19.1 Å². The van der Waals surface area contributed by atoms with Crippen LogP contribution in [0.4, 0.5) is 0 Å². The Bertz CT molecular complexity index is 740. The van der Waals surface area contributed by atoms with Gasteiger partial charge in [-0.3, -0.25) is 4.40 Å². The van der Waals surface area contributed by atoms with Gasteiger partial charge in [-0.2, -0.15) is 0 Å². The molecule has 0 fully saturated rings. The van der Waals surface area contributed by atoms with Gasteiger partial charge in [0.25, 0.3) is 0 Å². The highest BCUT2D eigenvalue weighted by molar-refractivity contribution is 7.99. The number of nitrogens with two attached hydrogens (primary N) is 1. The smallest absolute Gasteiger partial charge is 0.201 e. The lowest BCUT2D eigenvalue weighted by Gasteiger charge is -2.11. The summed E-state index contributed by atoms with van der Waals surface area (Å²) < 4.78 is 1.96. The van der Waals surface area contributed by atoms with E-state index in [1.807, 2.05) is 34.9 Å². The van der Waals surface area contributed by atoms with E-state index in [0.717, 1.165) is 34.2 Å². The van der Waals surface area contributed by atoms with E-state index in [4.69, 9.17) is 5.73 Å². The molecular formula is C15H17N5S. The molecule has 108 valence electrons. The van der Waals surface area contributed by atoms with Crippen LogP contribution in [0.25, 0.3) is 5.65 Å². The fourth-order valence-corrected chi connectivity index (χ4v) is 2.98. The zero-order valence-corrected chi connectivity index (χ0v) is 12.6. The lowest BCUT2D eigenvalue weighted by Crippen LogP contribution is -2.21. The zero-order chi connectivity index (χ0) is 14.7. The fraction of sp³-hybridized carbons (Fsp3) is 0.267. The van der Waals surface area contributed by atoms with Gasteiger partial charge in [-0.25, -0.2) is 4.98 Å². The number of hydrogen-bond donors (Lipinski definition) is 1. The van der Waals surface area contributed by atoms with E-state index in [1.54, 1.807) is 6.20 Å². The third-order valence-electron chi connectivity index (χ3n) is 3.33. The van der Waals surface area contributed by atoms with Crippen LogP contribution >= 0.6 is 11.8 Å². The van der Waals surface area contributed by atoms with Crippen molar-refractivity contribution in [1.29, 1.82) is 0 Å². The average Bonchev–Trinajstić information content (AvgIpc) is 2.92. The molecule has 0 saturated heterocycles. The highest BCUT2D eigenvalue weighted by atomic mass is 32.2. The molecule has 2 N–H and O–H groups in total. The minimum absolute atomic E-state index is 0.156. The number of nitrogens with zero attached hydrogens (tertiary/aromatic N) is 4. The van der Waals surface area contributed by atoms with Crippen molar-refractivity contribution in [1.82, 2.24) is 19.6 Å². The van der Waals surface area contributed by atoms with Crippen LogP contribution in [0.5, 0.6) is 0 Å². The Balaban J connectivity index is 1.91. The normalized spacial score (nSPS) is 12.7. The van der Waals surface area contributed by atoms with Gasteiger partial charge >= 0.3 is 0 Å². The first-order chi connectivity index (χ1) is 10.3. The summed E-state index contributed by atoms with van der Waals surface area (Å²) in [7, 11) is 0. The zero-order valence-electron chi connectivity index (χ0n) is 11.8. The maximum absolute atomic E-state index is 6.07. The van der Waals surface area contributed by atoms with Crippen LogP contribution < -0.4 is 5.73 Å². The summed E-state index contributed by atoms with van der Waals surface area (Å²) in [5, 5.41) is 10.2. The molecule has 5 nitrogen and oxygen atoms in total. The summed E-state index contributed by atoms with van der Waals surface area (Å²) in [5.74, 6) is 0. The summed E-state index contributed by atoms with van der Waals surface area (Å²) in [5.41, 5.74) is 8.06. The molecule has 0 radical (unpaired) electrons. The van der Waals surface area contributed by atoms with E-state index < -0.39 is 0 Å². The van der Waals surface area contributed by atoms with Crippen LogP contribution in [0.2, 0.25) is 0 Å². The van der Waals surface area contributed by atoms with Crippen LogP contribution in [-0.2, 0) is 6.42 Å². The topological polar surface area (TPSA) is 69.1 Å². The summed E-state index contributed by atoms with van der Waals surface area (Å²) in [6.45, 7) is 2.10. The Morgan fingerprint density at radius 1 is 1.24 bits per heavy atom. The summed E-state index contributed by atoms with van der Waals surface area (Å²) in [4.78, 5) is 4.47. The van der Waals surface area contributed by atoms with Crippen LogP contribution in [0.3, 0.4) is 0 Å². The number of hydrogen-bond acceptors (Lipinski definition) is 5. The van der Waals surface area contributed by atoms with Crippen molar-refractivity contribution < 1.29 is 0 Å². The number of rotatable bonds is 5. The molecule has 0 bridgehead atoms. The van der Waals surface area contributed by atoms with E-state index >= 15 is 0 Å².